The van der Waals surface area contributed by atoms with Gasteiger partial charge in [-0.3, -0.25) is 9.52 Å². The minimum Gasteiger partial charge on any atom is -0.349 e. The van der Waals surface area contributed by atoms with Crippen molar-refractivity contribution in [2.45, 2.75) is 44.2 Å². The third-order valence-electron chi connectivity index (χ3n) is 2.89. The zero-order valence-corrected chi connectivity index (χ0v) is 15.2. The lowest BCUT2D eigenvalue weighted by Crippen LogP contribution is -2.33. The average Bonchev–Trinajstić information content (AvgIpc) is 2.36. The number of hydrogen-bond donors (Lipinski definition) is 2. The Hall–Kier alpha value is -1.21. The van der Waals surface area contributed by atoms with E-state index >= 15 is 0 Å². The van der Waals surface area contributed by atoms with E-state index < -0.39 is 10.0 Å². The van der Waals surface area contributed by atoms with Crippen LogP contribution in [0.3, 0.4) is 0 Å². The molecule has 1 rings (SSSR count). The average molecular weight is 345 g/mol. The van der Waals surface area contributed by atoms with Gasteiger partial charge in [0, 0.05) is 5.69 Å². The molecule has 0 aliphatic rings. The molecule has 0 aliphatic heterocycles. The summed E-state index contributed by atoms with van der Waals surface area (Å²) in [6.07, 6.45) is 1.11. The molecule has 1 aromatic carbocycles. The van der Waals surface area contributed by atoms with Gasteiger partial charge in [0.15, 0.2) is 0 Å². The molecule has 0 unspecified atom stereocenters. The first-order valence-electron chi connectivity index (χ1n) is 7.12. The molecule has 0 aromatic heterocycles. The van der Waals surface area contributed by atoms with Crippen LogP contribution in [0.5, 0.6) is 0 Å². The van der Waals surface area contributed by atoms with Crippen molar-refractivity contribution in [3.05, 3.63) is 29.8 Å². The van der Waals surface area contributed by atoms with Gasteiger partial charge >= 0.3 is 0 Å². The second-order valence-electron chi connectivity index (χ2n) is 5.56. The van der Waals surface area contributed by atoms with Gasteiger partial charge in [0.25, 0.3) is 0 Å². The number of rotatable bonds is 7. The SMILES string of the molecule is CC(C)S[C@@H](C)C(=O)N[C@@H](C)c1cccc(NS(C)(=O)=O)c1. The zero-order valence-electron chi connectivity index (χ0n) is 13.6. The maximum Gasteiger partial charge on any atom is 0.233 e. The summed E-state index contributed by atoms with van der Waals surface area (Å²) >= 11 is 1.61. The van der Waals surface area contributed by atoms with E-state index in [-0.39, 0.29) is 17.2 Å². The molecular weight excluding hydrogens is 320 g/mol. The number of carbonyl (C=O) groups excluding carboxylic acids is 1. The van der Waals surface area contributed by atoms with Crippen LogP contribution < -0.4 is 10.0 Å². The Labute approximate surface area is 137 Å². The first-order chi connectivity index (χ1) is 10.1. The Bertz CT molecular complexity index is 615. The minimum atomic E-state index is -3.31. The number of amides is 1. The monoisotopic (exact) mass is 344 g/mol. The van der Waals surface area contributed by atoms with E-state index in [0.29, 0.717) is 10.9 Å². The maximum atomic E-state index is 12.1. The second kappa shape index (κ2) is 7.87. The molecule has 2 N–H and O–H groups in total. The molecule has 0 saturated heterocycles. The molecular formula is C15H24N2O3S2. The Morgan fingerprint density at radius 1 is 1.18 bits per heavy atom. The zero-order chi connectivity index (χ0) is 16.9. The van der Waals surface area contributed by atoms with Crippen molar-refractivity contribution in [1.29, 1.82) is 0 Å². The van der Waals surface area contributed by atoms with Crippen molar-refractivity contribution in [3.8, 4) is 0 Å². The van der Waals surface area contributed by atoms with E-state index in [1.165, 1.54) is 0 Å². The van der Waals surface area contributed by atoms with Gasteiger partial charge in [0.1, 0.15) is 0 Å². The lowest BCUT2D eigenvalue weighted by Gasteiger charge is -2.19. The number of nitrogens with one attached hydrogen (secondary N) is 2. The maximum absolute atomic E-state index is 12.1. The predicted octanol–water partition coefficient (Wildman–Crippen LogP) is 2.77. The molecule has 22 heavy (non-hydrogen) atoms. The first kappa shape index (κ1) is 18.8. The summed E-state index contributed by atoms with van der Waals surface area (Å²) in [5.41, 5.74) is 1.34. The Morgan fingerprint density at radius 2 is 1.82 bits per heavy atom. The molecule has 2 atom stereocenters. The lowest BCUT2D eigenvalue weighted by atomic mass is 10.1. The number of anilines is 1. The molecule has 124 valence electrons. The fraction of sp³-hybridized carbons (Fsp3) is 0.533. The van der Waals surface area contributed by atoms with Crippen LogP contribution in [0, 0.1) is 0 Å². The minimum absolute atomic E-state index is 0.0207. The molecule has 0 heterocycles. The van der Waals surface area contributed by atoms with E-state index in [1.54, 1.807) is 30.0 Å². The molecule has 0 saturated carbocycles. The van der Waals surface area contributed by atoms with Crippen LogP contribution in [0.1, 0.15) is 39.3 Å². The van der Waals surface area contributed by atoms with Crippen LogP contribution in [0.4, 0.5) is 5.69 Å². The fourth-order valence-corrected chi connectivity index (χ4v) is 3.53. The molecule has 0 bridgehead atoms. The van der Waals surface area contributed by atoms with Gasteiger partial charge < -0.3 is 5.32 Å². The lowest BCUT2D eigenvalue weighted by molar-refractivity contribution is -0.120. The highest BCUT2D eigenvalue weighted by Crippen LogP contribution is 2.21. The summed E-state index contributed by atoms with van der Waals surface area (Å²) in [6.45, 7) is 7.87. The molecule has 7 heteroatoms. The third kappa shape index (κ3) is 6.70. The molecule has 1 amide bonds. The Balaban J connectivity index is 2.75. The van der Waals surface area contributed by atoms with Crippen LogP contribution in [-0.2, 0) is 14.8 Å². The number of sulfonamides is 1. The van der Waals surface area contributed by atoms with Gasteiger partial charge in [-0.2, -0.15) is 0 Å². The van der Waals surface area contributed by atoms with E-state index in [1.807, 2.05) is 19.9 Å². The van der Waals surface area contributed by atoms with Gasteiger partial charge in [-0.15, -0.1) is 11.8 Å². The first-order valence-corrected chi connectivity index (χ1v) is 9.95. The standard InChI is InChI=1S/C15H24N2O3S2/c1-10(2)21-12(4)15(18)16-11(3)13-7-6-8-14(9-13)17-22(5,19)20/h6-12,17H,1-5H3,(H,16,18)/t11-,12-/m0/s1. The summed E-state index contributed by atoms with van der Waals surface area (Å²) in [7, 11) is -3.31. The smallest absolute Gasteiger partial charge is 0.233 e. The van der Waals surface area contributed by atoms with Crippen molar-refractivity contribution >= 4 is 33.4 Å². The highest BCUT2D eigenvalue weighted by Gasteiger charge is 2.18. The summed E-state index contributed by atoms with van der Waals surface area (Å²) in [6, 6.07) is 6.84. The van der Waals surface area contributed by atoms with Crippen molar-refractivity contribution in [3.63, 3.8) is 0 Å². The van der Waals surface area contributed by atoms with Crippen LogP contribution in [0.2, 0.25) is 0 Å². The number of hydrogen-bond acceptors (Lipinski definition) is 4. The Kier molecular flexibility index (Phi) is 6.74. The van der Waals surface area contributed by atoms with Gasteiger partial charge in [-0.1, -0.05) is 26.0 Å². The van der Waals surface area contributed by atoms with E-state index in [9.17, 15) is 13.2 Å². The molecule has 0 aliphatic carbocycles. The fourth-order valence-electron chi connectivity index (χ4n) is 1.97. The summed E-state index contributed by atoms with van der Waals surface area (Å²) in [5, 5.41) is 3.22. The van der Waals surface area contributed by atoms with E-state index in [2.05, 4.69) is 23.9 Å². The van der Waals surface area contributed by atoms with Gasteiger partial charge in [0.2, 0.25) is 15.9 Å². The van der Waals surface area contributed by atoms with Gasteiger partial charge in [0.05, 0.1) is 17.5 Å². The highest BCUT2D eigenvalue weighted by atomic mass is 32.2. The second-order valence-corrected chi connectivity index (χ2v) is 9.23. The largest absolute Gasteiger partial charge is 0.349 e. The molecule has 1 aromatic rings. The third-order valence-corrected chi connectivity index (χ3v) is 4.67. The van der Waals surface area contributed by atoms with Crippen LogP contribution in [-0.4, -0.2) is 31.1 Å². The number of carbonyl (C=O) groups is 1. The highest BCUT2D eigenvalue weighted by molar-refractivity contribution is 8.01. The topological polar surface area (TPSA) is 75.3 Å². The number of benzene rings is 1. The van der Waals surface area contributed by atoms with E-state index in [4.69, 9.17) is 0 Å². The molecule has 0 radical (unpaired) electrons. The van der Waals surface area contributed by atoms with Crippen molar-refractivity contribution in [2.75, 3.05) is 11.0 Å². The number of thioether (sulfide) groups is 1. The molecule has 5 nitrogen and oxygen atoms in total. The quantitative estimate of drug-likeness (QED) is 0.797. The summed E-state index contributed by atoms with van der Waals surface area (Å²) in [4.78, 5) is 12.1. The summed E-state index contributed by atoms with van der Waals surface area (Å²) in [5.74, 6) is -0.0207. The molecule has 0 fully saturated rings. The van der Waals surface area contributed by atoms with Gasteiger partial charge in [-0.25, -0.2) is 8.42 Å². The Morgan fingerprint density at radius 3 is 2.36 bits per heavy atom. The van der Waals surface area contributed by atoms with Gasteiger partial charge in [-0.05, 0) is 36.8 Å². The summed E-state index contributed by atoms with van der Waals surface area (Å²) < 4.78 is 25.0. The van der Waals surface area contributed by atoms with Crippen LogP contribution in [0.25, 0.3) is 0 Å². The van der Waals surface area contributed by atoms with E-state index in [0.717, 1.165) is 11.8 Å². The predicted molar refractivity (Wildman–Crippen MR) is 93.7 cm³/mol. The normalized spacial score (nSPS) is 14.5. The van der Waals surface area contributed by atoms with Crippen molar-refractivity contribution in [2.24, 2.45) is 0 Å². The van der Waals surface area contributed by atoms with Crippen LogP contribution in [0.15, 0.2) is 24.3 Å². The van der Waals surface area contributed by atoms with Crippen LogP contribution >= 0.6 is 11.8 Å². The molecule has 0 spiro atoms. The van der Waals surface area contributed by atoms with Crippen molar-refractivity contribution in [1.82, 2.24) is 5.32 Å². The van der Waals surface area contributed by atoms with Crippen molar-refractivity contribution < 1.29 is 13.2 Å².